The second kappa shape index (κ2) is 5.69. The number of hydrogen-bond acceptors (Lipinski definition) is 3. The van der Waals surface area contributed by atoms with Crippen LogP contribution in [0.4, 0.5) is 5.69 Å². The van der Waals surface area contributed by atoms with Crippen molar-refractivity contribution in [3.05, 3.63) is 40.2 Å². The van der Waals surface area contributed by atoms with Gasteiger partial charge >= 0.3 is 0 Å². The SMILES string of the molecule is CCCCOCc1cc(=O)c2cc(N)ccc2[nH]1. The van der Waals surface area contributed by atoms with Gasteiger partial charge in [-0.3, -0.25) is 4.79 Å². The van der Waals surface area contributed by atoms with Gasteiger partial charge in [0.15, 0.2) is 5.43 Å². The number of H-pyrrole nitrogens is 1. The summed E-state index contributed by atoms with van der Waals surface area (Å²) in [6.07, 6.45) is 2.14. The highest BCUT2D eigenvalue weighted by Gasteiger charge is 2.02. The number of nitrogens with one attached hydrogen (secondary N) is 1. The fraction of sp³-hybridized carbons (Fsp3) is 0.357. The highest BCUT2D eigenvalue weighted by Crippen LogP contribution is 2.12. The molecule has 0 saturated heterocycles. The first-order chi connectivity index (χ1) is 8.70. The minimum Gasteiger partial charge on any atom is -0.399 e. The van der Waals surface area contributed by atoms with Crippen molar-refractivity contribution < 1.29 is 4.74 Å². The molecule has 0 aliphatic rings. The second-order valence-electron chi connectivity index (χ2n) is 4.37. The molecular weight excluding hydrogens is 228 g/mol. The molecule has 1 aromatic heterocycles. The molecule has 0 fully saturated rings. The van der Waals surface area contributed by atoms with Crippen molar-refractivity contribution in [2.75, 3.05) is 12.3 Å². The van der Waals surface area contributed by atoms with E-state index < -0.39 is 0 Å². The number of unbranched alkanes of at least 4 members (excludes halogenated alkanes) is 1. The summed E-state index contributed by atoms with van der Waals surface area (Å²) >= 11 is 0. The molecule has 0 aliphatic heterocycles. The molecule has 0 radical (unpaired) electrons. The lowest BCUT2D eigenvalue weighted by Crippen LogP contribution is -2.07. The van der Waals surface area contributed by atoms with Crippen LogP contribution < -0.4 is 11.2 Å². The summed E-state index contributed by atoms with van der Waals surface area (Å²) in [6.45, 7) is 3.28. The van der Waals surface area contributed by atoms with Crippen LogP contribution >= 0.6 is 0 Å². The molecule has 4 nitrogen and oxygen atoms in total. The van der Waals surface area contributed by atoms with Crippen LogP contribution in [0.1, 0.15) is 25.5 Å². The first-order valence-corrected chi connectivity index (χ1v) is 6.20. The summed E-state index contributed by atoms with van der Waals surface area (Å²) in [4.78, 5) is 15.1. The summed E-state index contributed by atoms with van der Waals surface area (Å²) in [5.41, 5.74) is 7.84. The summed E-state index contributed by atoms with van der Waals surface area (Å²) < 4.78 is 5.49. The van der Waals surface area contributed by atoms with Crippen molar-refractivity contribution in [2.45, 2.75) is 26.4 Å². The number of aromatic amines is 1. The lowest BCUT2D eigenvalue weighted by atomic mass is 10.2. The number of benzene rings is 1. The van der Waals surface area contributed by atoms with Gasteiger partial charge in [-0.15, -0.1) is 0 Å². The van der Waals surface area contributed by atoms with Crippen LogP contribution in [-0.2, 0) is 11.3 Å². The van der Waals surface area contributed by atoms with Crippen molar-refractivity contribution in [1.29, 1.82) is 0 Å². The van der Waals surface area contributed by atoms with Crippen LogP contribution in [0.5, 0.6) is 0 Å². The summed E-state index contributed by atoms with van der Waals surface area (Å²) in [6, 6.07) is 6.87. The summed E-state index contributed by atoms with van der Waals surface area (Å²) in [5, 5.41) is 0.618. The van der Waals surface area contributed by atoms with Crippen LogP contribution in [0.2, 0.25) is 0 Å². The zero-order valence-corrected chi connectivity index (χ0v) is 10.5. The van der Waals surface area contributed by atoms with Crippen molar-refractivity contribution in [1.82, 2.24) is 4.98 Å². The second-order valence-corrected chi connectivity index (χ2v) is 4.37. The van der Waals surface area contributed by atoms with Gasteiger partial charge in [0.2, 0.25) is 0 Å². The smallest absolute Gasteiger partial charge is 0.189 e. The van der Waals surface area contributed by atoms with Crippen LogP contribution in [0.3, 0.4) is 0 Å². The third kappa shape index (κ3) is 2.90. The Hall–Kier alpha value is -1.81. The van der Waals surface area contributed by atoms with Gasteiger partial charge in [-0.1, -0.05) is 13.3 Å². The molecule has 2 rings (SSSR count). The van der Waals surface area contributed by atoms with Crippen molar-refractivity contribution in [3.8, 4) is 0 Å². The van der Waals surface area contributed by atoms with Crippen molar-refractivity contribution >= 4 is 16.6 Å². The maximum absolute atomic E-state index is 11.9. The minimum absolute atomic E-state index is 0.0230. The van der Waals surface area contributed by atoms with Gasteiger partial charge in [-0.2, -0.15) is 0 Å². The number of fused-ring (bicyclic) bond motifs is 1. The number of nitrogen functional groups attached to an aromatic ring is 1. The average molecular weight is 246 g/mol. The maximum atomic E-state index is 11.9. The van der Waals surface area contributed by atoms with Crippen LogP contribution in [0.15, 0.2) is 29.1 Å². The Labute approximate surface area is 106 Å². The van der Waals surface area contributed by atoms with Gasteiger partial charge in [0.1, 0.15) is 0 Å². The molecule has 3 N–H and O–H groups in total. The minimum atomic E-state index is -0.0230. The monoisotopic (exact) mass is 246 g/mol. The number of aromatic nitrogens is 1. The van der Waals surface area contributed by atoms with Gasteiger partial charge in [0.25, 0.3) is 0 Å². The Bertz CT molecular complexity index is 590. The van der Waals surface area contributed by atoms with E-state index in [1.165, 1.54) is 0 Å². The molecule has 0 bridgehead atoms. The fourth-order valence-corrected chi connectivity index (χ4v) is 1.83. The number of ether oxygens (including phenoxy) is 1. The maximum Gasteiger partial charge on any atom is 0.189 e. The molecule has 2 aromatic rings. The van der Waals surface area contributed by atoms with E-state index in [1.54, 1.807) is 18.2 Å². The van der Waals surface area contributed by atoms with Gasteiger partial charge in [0.05, 0.1) is 6.61 Å². The molecule has 1 aromatic carbocycles. The topological polar surface area (TPSA) is 68.1 Å². The summed E-state index contributed by atoms with van der Waals surface area (Å²) in [5.74, 6) is 0. The third-order valence-electron chi connectivity index (χ3n) is 2.81. The first kappa shape index (κ1) is 12.6. The van der Waals surface area contributed by atoms with E-state index in [-0.39, 0.29) is 5.43 Å². The zero-order valence-electron chi connectivity index (χ0n) is 10.5. The Kier molecular flexibility index (Phi) is 3.99. The van der Waals surface area contributed by atoms with E-state index in [1.807, 2.05) is 6.07 Å². The molecule has 96 valence electrons. The highest BCUT2D eigenvalue weighted by molar-refractivity contribution is 5.81. The van der Waals surface area contributed by atoms with E-state index in [4.69, 9.17) is 10.5 Å². The largest absolute Gasteiger partial charge is 0.399 e. The van der Waals surface area contributed by atoms with Gasteiger partial charge in [-0.05, 0) is 24.6 Å². The van der Waals surface area contributed by atoms with E-state index >= 15 is 0 Å². The third-order valence-corrected chi connectivity index (χ3v) is 2.81. The predicted molar refractivity (Wildman–Crippen MR) is 73.5 cm³/mol. The zero-order chi connectivity index (χ0) is 13.0. The molecule has 18 heavy (non-hydrogen) atoms. The fourth-order valence-electron chi connectivity index (χ4n) is 1.83. The number of pyridine rings is 1. The predicted octanol–water partition coefficient (Wildman–Crippen LogP) is 2.43. The Morgan fingerprint density at radius 1 is 1.33 bits per heavy atom. The van der Waals surface area contributed by atoms with Gasteiger partial charge in [-0.25, -0.2) is 0 Å². The molecule has 4 heteroatoms. The van der Waals surface area contributed by atoms with Crippen molar-refractivity contribution in [2.24, 2.45) is 0 Å². The van der Waals surface area contributed by atoms with E-state index in [9.17, 15) is 4.79 Å². The standard InChI is InChI=1S/C14H18N2O2/c1-2-3-6-18-9-11-8-14(17)12-7-10(15)4-5-13(12)16-11/h4-5,7-8H,2-3,6,9,15H2,1H3,(H,16,17). The molecule has 0 atom stereocenters. The number of nitrogens with two attached hydrogens (primary N) is 1. The number of anilines is 1. The normalized spacial score (nSPS) is 10.9. The molecule has 0 amide bonds. The quantitative estimate of drug-likeness (QED) is 0.629. The Morgan fingerprint density at radius 3 is 2.94 bits per heavy atom. The molecular formula is C14H18N2O2. The lowest BCUT2D eigenvalue weighted by Gasteiger charge is -2.06. The van der Waals surface area contributed by atoms with E-state index in [0.29, 0.717) is 17.7 Å². The molecule has 0 spiro atoms. The van der Waals surface area contributed by atoms with E-state index in [2.05, 4.69) is 11.9 Å². The average Bonchev–Trinajstić information content (AvgIpc) is 2.36. The highest BCUT2D eigenvalue weighted by atomic mass is 16.5. The number of rotatable bonds is 5. The van der Waals surface area contributed by atoms with Gasteiger partial charge in [0, 0.05) is 35.0 Å². The first-order valence-electron chi connectivity index (χ1n) is 6.20. The number of hydrogen-bond donors (Lipinski definition) is 2. The van der Waals surface area contributed by atoms with Crippen LogP contribution in [-0.4, -0.2) is 11.6 Å². The van der Waals surface area contributed by atoms with Crippen molar-refractivity contribution in [3.63, 3.8) is 0 Å². The molecule has 1 heterocycles. The summed E-state index contributed by atoms with van der Waals surface area (Å²) in [7, 11) is 0. The van der Waals surface area contributed by atoms with Crippen LogP contribution in [0, 0.1) is 0 Å². The van der Waals surface area contributed by atoms with Crippen LogP contribution in [0.25, 0.3) is 10.9 Å². The van der Waals surface area contributed by atoms with Gasteiger partial charge < -0.3 is 15.5 Å². The Balaban J connectivity index is 2.21. The molecule has 0 saturated carbocycles. The van der Waals surface area contributed by atoms with E-state index in [0.717, 1.165) is 30.7 Å². The molecule has 0 unspecified atom stereocenters. The lowest BCUT2D eigenvalue weighted by molar-refractivity contribution is 0.115. The molecule has 0 aliphatic carbocycles. The Morgan fingerprint density at radius 2 is 2.17 bits per heavy atom.